The summed E-state index contributed by atoms with van der Waals surface area (Å²) < 4.78 is 0. The fourth-order valence-corrected chi connectivity index (χ4v) is 3.56. The van der Waals surface area contributed by atoms with Crippen LogP contribution in [-0.4, -0.2) is 34.9 Å². The van der Waals surface area contributed by atoms with Crippen molar-refractivity contribution in [1.29, 1.82) is 0 Å². The van der Waals surface area contributed by atoms with Crippen molar-refractivity contribution in [3.05, 3.63) is 69.8 Å². The third kappa shape index (κ3) is 4.67. The van der Waals surface area contributed by atoms with Crippen LogP contribution in [0.4, 0.5) is 11.4 Å². The molecule has 1 saturated heterocycles. The number of nitro benzene ring substituents is 1. The standard InChI is InChI=1S/C21H26N4O3/c1-15(22)18-8-5-11-24(14-18)21(26)17-9-10-19(20(12-17)25(27)28)23-13-16-6-3-2-4-7-16/h2-4,6-7,9-10,12,15,18,23H,5,8,11,13-14,22H2,1H3. The fraction of sp³-hybridized carbons (Fsp3) is 0.381. The molecule has 1 fully saturated rings. The van der Waals surface area contributed by atoms with Gasteiger partial charge in [0.1, 0.15) is 5.69 Å². The summed E-state index contributed by atoms with van der Waals surface area (Å²) in [5, 5.41) is 14.6. The van der Waals surface area contributed by atoms with Gasteiger partial charge in [-0.15, -0.1) is 0 Å². The first-order valence-corrected chi connectivity index (χ1v) is 9.57. The Kier molecular flexibility index (Phi) is 6.26. The zero-order chi connectivity index (χ0) is 20.1. The average molecular weight is 382 g/mol. The number of nitrogens with two attached hydrogens (primary N) is 1. The molecule has 2 aromatic carbocycles. The number of nitro groups is 1. The zero-order valence-electron chi connectivity index (χ0n) is 16.0. The number of amides is 1. The first-order chi connectivity index (χ1) is 13.5. The van der Waals surface area contributed by atoms with Crippen LogP contribution in [0.2, 0.25) is 0 Å². The number of hydrogen-bond acceptors (Lipinski definition) is 5. The molecule has 0 spiro atoms. The highest BCUT2D eigenvalue weighted by Crippen LogP contribution is 2.28. The second-order valence-electron chi connectivity index (χ2n) is 7.34. The minimum absolute atomic E-state index is 0.0227. The third-order valence-corrected chi connectivity index (χ3v) is 5.26. The number of nitrogens with zero attached hydrogens (tertiary/aromatic N) is 2. The summed E-state index contributed by atoms with van der Waals surface area (Å²) in [5.41, 5.74) is 7.66. The number of nitrogens with one attached hydrogen (secondary N) is 1. The Balaban J connectivity index is 1.76. The molecule has 1 aliphatic heterocycles. The summed E-state index contributed by atoms with van der Waals surface area (Å²) in [4.78, 5) is 25.7. The quantitative estimate of drug-likeness (QED) is 0.589. The van der Waals surface area contributed by atoms with E-state index in [-0.39, 0.29) is 23.6 Å². The Labute approximate surface area is 164 Å². The number of hydrogen-bond donors (Lipinski definition) is 2. The van der Waals surface area contributed by atoms with Crippen molar-refractivity contribution in [2.75, 3.05) is 18.4 Å². The van der Waals surface area contributed by atoms with E-state index in [1.165, 1.54) is 6.07 Å². The van der Waals surface area contributed by atoms with Crippen LogP contribution in [-0.2, 0) is 6.54 Å². The van der Waals surface area contributed by atoms with Gasteiger partial charge in [0, 0.05) is 37.3 Å². The molecular formula is C21H26N4O3. The Morgan fingerprint density at radius 2 is 2.07 bits per heavy atom. The first kappa shape index (κ1) is 19.8. The number of carbonyl (C=O) groups excluding carboxylic acids is 1. The van der Waals surface area contributed by atoms with Crippen LogP contribution in [0.25, 0.3) is 0 Å². The number of likely N-dealkylation sites (tertiary alicyclic amines) is 1. The monoisotopic (exact) mass is 382 g/mol. The van der Waals surface area contributed by atoms with Gasteiger partial charge >= 0.3 is 0 Å². The average Bonchev–Trinajstić information content (AvgIpc) is 2.72. The largest absolute Gasteiger partial charge is 0.375 e. The summed E-state index contributed by atoms with van der Waals surface area (Å²) in [6, 6.07) is 14.3. The van der Waals surface area contributed by atoms with E-state index in [0.29, 0.717) is 30.9 Å². The molecule has 0 aliphatic carbocycles. The molecule has 3 N–H and O–H groups in total. The molecular weight excluding hydrogens is 356 g/mol. The van der Waals surface area contributed by atoms with Gasteiger partial charge in [0.2, 0.25) is 0 Å². The van der Waals surface area contributed by atoms with Crippen molar-refractivity contribution in [3.63, 3.8) is 0 Å². The zero-order valence-corrected chi connectivity index (χ0v) is 16.0. The molecule has 2 atom stereocenters. The van der Waals surface area contributed by atoms with Gasteiger partial charge in [-0.3, -0.25) is 14.9 Å². The smallest absolute Gasteiger partial charge is 0.293 e. The number of benzene rings is 2. The second kappa shape index (κ2) is 8.84. The normalized spacial score (nSPS) is 17.8. The van der Waals surface area contributed by atoms with Crippen LogP contribution in [0.1, 0.15) is 35.7 Å². The van der Waals surface area contributed by atoms with Crippen LogP contribution in [0.15, 0.2) is 48.5 Å². The Morgan fingerprint density at radius 3 is 2.75 bits per heavy atom. The van der Waals surface area contributed by atoms with Gasteiger partial charge in [-0.25, -0.2) is 0 Å². The molecule has 0 aromatic heterocycles. The number of carbonyl (C=O) groups is 1. The van der Waals surface area contributed by atoms with Gasteiger partial charge in [-0.05, 0) is 43.4 Å². The maximum atomic E-state index is 12.9. The molecule has 0 bridgehead atoms. The Hall–Kier alpha value is -2.93. The van der Waals surface area contributed by atoms with E-state index in [1.54, 1.807) is 17.0 Å². The molecule has 28 heavy (non-hydrogen) atoms. The van der Waals surface area contributed by atoms with E-state index >= 15 is 0 Å². The SMILES string of the molecule is CC(N)C1CCCN(C(=O)c2ccc(NCc3ccccc3)c([N+](=O)[O-])c2)C1. The third-order valence-electron chi connectivity index (χ3n) is 5.26. The lowest BCUT2D eigenvalue weighted by Crippen LogP contribution is -2.45. The molecule has 1 aliphatic rings. The fourth-order valence-electron chi connectivity index (χ4n) is 3.56. The predicted molar refractivity (Wildman–Crippen MR) is 109 cm³/mol. The van der Waals surface area contributed by atoms with Crippen LogP contribution >= 0.6 is 0 Å². The van der Waals surface area contributed by atoms with E-state index in [9.17, 15) is 14.9 Å². The molecule has 2 unspecified atom stereocenters. The van der Waals surface area contributed by atoms with E-state index < -0.39 is 4.92 Å². The van der Waals surface area contributed by atoms with Crippen LogP contribution in [0.5, 0.6) is 0 Å². The van der Waals surface area contributed by atoms with E-state index in [1.807, 2.05) is 37.3 Å². The van der Waals surface area contributed by atoms with Crippen molar-refractivity contribution in [1.82, 2.24) is 4.90 Å². The van der Waals surface area contributed by atoms with Crippen LogP contribution in [0, 0.1) is 16.0 Å². The van der Waals surface area contributed by atoms with Crippen LogP contribution < -0.4 is 11.1 Å². The molecule has 3 rings (SSSR count). The van der Waals surface area contributed by atoms with Gasteiger partial charge in [-0.1, -0.05) is 30.3 Å². The highest BCUT2D eigenvalue weighted by atomic mass is 16.6. The van der Waals surface area contributed by atoms with E-state index in [2.05, 4.69) is 5.32 Å². The summed E-state index contributed by atoms with van der Waals surface area (Å²) in [6.45, 7) is 3.68. The van der Waals surface area contributed by atoms with Crippen molar-refractivity contribution in [2.24, 2.45) is 11.7 Å². The highest BCUT2D eigenvalue weighted by molar-refractivity contribution is 5.95. The highest BCUT2D eigenvalue weighted by Gasteiger charge is 2.27. The predicted octanol–water partition coefficient (Wildman–Crippen LogP) is 3.41. The summed E-state index contributed by atoms with van der Waals surface area (Å²) >= 11 is 0. The molecule has 2 aromatic rings. The number of anilines is 1. The maximum absolute atomic E-state index is 12.9. The van der Waals surface area contributed by atoms with Crippen molar-refractivity contribution in [2.45, 2.75) is 32.4 Å². The van der Waals surface area contributed by atoms with Gasteiger partial charge in [-0.2, -0.15) is 0 Å². The molecule has 7 heteroatoms. The van der Waals surface area contributed by atoms with Crippen molar-refractivity contribution < 1.29 is 9.72 Å². The molecule has 0 saturated carbocycles. The molecule has 0 radical (unpaired) electrons. The minimum atomic E-state index is -0.453. The number of piperidine rings is 1. The lowest BCUT2D eigenvalue weighted by molar-refractivity contribution is -0.384. The summed E-state index contributed by atoms with van der Waals surface area (Å²) in [5.74, 6) is 0.0857. The Bertz CT molecular complexity index is 839. The van der Waals surface area contributed by atoms with Gasteiger partial charge in [0.25, 0.3) is 11.6 Å². The minimum Gasteiger partial charge on any atom is -0.375 e. The summed E-state index contributed by atoms with van der Waals surface area (Å²) in [6.07, 6.45) is 1.90. The van der Waals surface area contributed by atoms with Gasteiger partial charge in [0.05, 0.1) is 4.92 Å². The van der Waals surface area contributed by atoms with Gasteiger partial charge in [0.15, 0.2) is 0 Å². The van der Waals surface area contributed by atoms with Crippen LogP contribution in [0.3, 0.4) is 0 Å². The molecule has 1 heterocycles. The summed E-state index contributed by atoms with van der Waals surface area (Å²) in [7, 11) is 0. The lowest BCUT2D eigenvalue weighted by atomic mass is 9.92. The van der Waals surface area contributed by atoms with Crippen molar-refractivity contribution in [3.8, 4) is 0 Å². The first-order valence-electron chi connectivity index (χ1n) is 9.57. The lowest BCUT2D eigenvalue weighted by Gasteiger charge is -2.34. The molecule has 7 nitrogen and oxygen atoms in total. The van der Waals surface area contributed by atoms with E-state index in [0.717, 1.165) is 18.4 Å². The molecule has 1 amide bonds. The van der Waals surface area contributed by atoms with E-state index in [4.69, 9.17) is 5.73 Å². The molecule has 148 valence electrons. The second-order valence-corrected chi connectivity index (χ2v) is 7.34. The number of rotatable bonds is 6. The maximum Gasteiger partial charge on any atom is 0.293 e. The Morgan fingerprint density at radius 1 is 1.32 bits per heavy atom. The van der Waals surface area contributed by atoms with Crippen molar-refractivity contribution >= 4 is 17.3 Å². The topological polar surface area (TPSA) is 102 Å². The van der Waals surface area contributed by atoms with Gasteiger partial charge < -0.3 is 16.0 Å².